The standard InChI is InChI=1S/C18H13Cl2N3O2/c19-13-8-15-17(16(20)9-13)22-11-23(18(15)24)5-2-6-25-14-4-1-3-12(7-14)10-21/h1,3-4,7-9,11H,2,5-6H2. The monoisotopic (exact) mass is 373 g/mol. The molecule has 0 unspecified atom stereocenters. The number of benzene rings is 2. The summed E-state index contributed by atoms with van der Waals surface area (Å²) in [4.78, 5) is 16.7. The summed E-state index contributed by atoms with van der Waals surface area (Å²) < 4.78 is 7.11. The van der Waals surface area contributed by atoms with Gasteiger partial charge in [-0.1, -0.05) is 29.3 Å². The minimum atomic E-state index is -0.194. The minimum Gasteiger partial charge on any atom is -0.493 e. The van der Waals surface area contributed by atoms with Gasteiger partial charge in [0.1, 0.15) is 5.75 Å². The molecule has 0 aliphatic heterocycles. The van der Waals surface area contributed by atoms with Crippen LogP contribution >= 0.6 is 23.2 Å². The van der Waals surface area contributed by atoms with Crippen LogP contribution < -0.4 is 10.3 Å². The van der Waals surface area contributed by atoms with E-state index in [1.54, 1.807) is 36.4 Å². The molecule has 25 heavy (non-hydrogen) atoms. The first kappa shape index (κ1) is 17.3. The second-order valence-corrected chi connectivity index (χ2v) is 6.21. The van der Waals surface area contributed by atoms with Gasteiger partial charge >= 0.3 is 0 Å². The van der Waals surface area contributed by atoms with Crippen molar-refractivity contribution < 1.29 is 4.74 Å². The van der Waals surface area contributed by atoms with Gasteiger partial charge in [-0.15, -0.1) is 0 Å². The fraction of sp³-hybridized carbons (Fsp3) is 0.167. The highest BCUT2D eigenvalue weighted by molar-refractivity contribution is 6.38. The highest BCUT2D eigenvalue weighted by atomic mass is 35.5. The summed E-state index contributed by atoms with van der Waals surface area (Å²) in [5.74, 6) is 0.626. The largest absolute Gasteiger partial charge is 0.493 e. The van der Waals surface area contributed by atoms with Crippen molar-refractivity contribution in [2.75, 3.05) is 6.61 Å². The molecule has 2 aromatic carbocycles. The molecule has 0 radical (unpaired) electrons. The third kappa shape index (κ3) is 3.93. The lowest BCUT2D eigenvalue weighted by molar-refractivity contribution is 0.300. The van der Waals surface area contributed by atoms with Gasteiger partial charge in [0.2, 0.25) is 0 Å². The second kappa shape index (κ2) is 7.56. The SMILES string of the molecule is N#Cc1cccc(OCCCn2cnc3c(Cl)cc(Cl)cc3c2=O)c1. The van der Waals surface area contributed by atoms with E-state index < -0.39 is 0 Å². The predicted octanol–water partition coefficient (Wildman–Crippen LogP) is 4.04. The van der Waals surface area contributed by atoms with Gasteiger partial charge in [0.15, 0.2) is 0 Å². The number of nitrogens with zero attached hydrogens (tertiary/aromatic N) is 3. The second-order valence-electron chi connectivity index (χ2n) is 5.37. The van der Waals surface area contributed by atoms with Crippen LogP contribution in [0.2, 0.25) is 10.0 Å². The van der Waals surface area contributed by atoms with E-state index in [1.807, 2.05) is 0 Å². The molecule has 0 atom stereocenters. The molecule has 5 nitrogen and oxygen atoms in total. The highest BCUT2D eigenvalue weighted by Crippen LogP contribution is 2.24. The Morgan fingerprint density at radius 1 is 1.24 bits per heavy atom. The molecule has 0 amide bonds. The molecule has 0 bridgehead atoms. The van der Waals surface area contributed by atoms with Crippen LogP contribution in [0.25, 0.3) is 10.9 Å². The van der Waals surface area contributed by atoms with Gasteiger partial charge in [0, 0.05) is 11.6 Å². The third-order valence-corrected chi connectivity index (χ3v) is 4.13. The first-order valence-corrected chi connectivity index (χ1v) is 8.31. The number of ether oxygens (including phenoxy) is 1. The number of halogens is 2. The maximum absolute atomic E-state index is 12.5. The van der Waals surface area contributed by atoms with Crippen LogP contribution in [-0.2, 0) is 6.54 Å². The Hall–Kier alpha value is -2.55. The molecule has 0 N–H and O–H groups in total. The van der Waals surface area contributed by atoms with Crippen LogP contribution in [0, 0.1) is 11.3 Å². The normalized spacial score (nSPS) is 10.6. The molecule has 0 saturated carbocycles. The third-order valence-electron chi connectivity index (χ3n) is 3.62. The van der Waals surface area contributed by atoms with Crippen LogP contribution in [0.3, 0.4) is 0 Å². The fourth-order valence-corrected chi connectivity index (χ4v) is 2.98. The first-order valence-electron chi connectivity index (χ1n) is 7.55. The van der Waals surface area contributed by atoms with Gasteiger partial charge in [-0.05, 0) is 36.8 Å². The summed E-state index contributed by atoms with van der Waals surface area (Å²) in [6.45, 7) is 0.861. The van der Waals surface area contributed by atoms with E-state index >= 15 is 0 Å². The van der Waals surface area contributed by atoms with Gasteiger partial charge in [0.25, 0.3) is 5.56 Å². The summed E-state index contributed by atoms with van der Waals surface area (Å²) in [5, 5.41) is 10.0. The Bertz CT molecular complexity index is 1020. The molecular formula is C18H13Cl2N3O2. The lowest BCUT2D eigenvalue weighted by Crippen LogP contribution is -2.21. The molecule has 1 aromatic heterocycles. The van der Waals surface area contributed by atoms with E-state index in [9.17, 15) is 4.79 Å². The molecule has 0 aliphatic carbocycles. The number of hydrogen-bond acceptors (Lipinski definition) is 4. The van der Waals surface area contributed by atoms with Crippen molar-refractivity contribution in [1.29, 1.82) is 5.26 Å². The number of hydrogen-bond donors (Lipinski definition) is 0. The van der Waals surface area contributed by atoms with Gasteiger partial charge in [-0.25, -0.2) is 4.98 Å². The quantitative estimate of drug-likeness (QED) is 0.632. The number of rotatable bonds is 5. The molecule has 126 valence electrons. The minimum absolute atomic E-state index is 0.194. The van der Waals surface area contributed by atoms with Gasteiger partial charge in [-0.2, -0.15) is 5.26 Å². The highest BCUT2D eigenvalue weighted by Gasteiger charge is 2.09. The summed E-state index contributed by atoms with van der Waals surface area (Å²) in [7, 11) is 0. The summed E-state index contributed by atoms with van der Waals surface area (Å²) >= 11 is 12.0. The molecule has 0 fully saturated rings. The van der Waals surface area contributed by atoms with Crippen molar-refractivity contribution in [3.8, 4) is 11.8 Å². The zero-order valence-corrected chi connectivity index (χ0v) is 14.6. The van der Waals surface area contributed by atoms with Crippen molar-refractivity contribution in [1.82, 2.24) is 9.55 Å². The predicted molar refractivity (Wildman–Crippen MR) is 97.3 cm³/mol. The lowest BCUT2D eigenvalue weighted by atomic mass is 10.2. The van der Waals surface area contributed by atoms with Crippen molar-refractivity contribution in [3.63, 3.8) is 0 Å². The topological polar surface area (TPSA) is 67.9 Å². The Labute approximate surface area is 154 Å². The molecule has 3 rings (SSSR count). The zero-order chi connectivity index (χ0) is 17.8. The fourth-order valence-electron chi connectivity index (χ4n) is 2.43. The van der Waals surface area contributed by atoms with Crippen LogP contribution in [0.1, 0.15) is 12.0 Å². The number of fused-ring (bicyclic) bond motifs is 1. The molecular weight excluding hydrogens is 361 g/mol. The van der Waals surface area contributed by atoms with E-state index in [0.717, 1.165) is 0 Å². The molecule has 1 heterocycles. The van der Waals surface area contributed by atoms with E-state index in [2.05, 4.69) is 11.1 Å². The molecule has 0 aliphatic rings. The Morgan fingerprint density at radius 3 is 2.88 bits per heavy atom. The van der Waals surface area contributed by atoms with Gasteiger partial charge in [0.05, 0.1) is 40.5 Å². The number of aromatic nitrogens is 2. The Morgan fingerprint density at radius 2 is 2.08 bits per heavy atom. The maximum Gasteiger partial charge on any atom is 0.261 e. The van der Waals surface area contributed by atoms with E-state index in [1.165, 1.54) is 10.9 Å². The Kier molecular flexibility index (Phi) is 5.22. The van der Waals surface area contributed by atoms with E-state index in [4.69, 9.17) is 33.2 Å². The smallest absolute Gasteiger partial charge is 0.261 e. The van der Waals surface area contributed by atoms with E-state index in [0.29, 0.717) is 51.8 Å². The van der Waals surface area contributed by atoms with Crippen molar-refractivity contribution in [2.24, 2.45) is 0 Å². The number of aryl methyl sites for hydroxylation is 1. The van der Waals surface area contributed by atoms with E-state index in [-0.39, 0.29) is 5.56 Å². The van der Waals surface area contributed by atoms with Gasteiger partial charge < -0.3 is 4.74 Å². The first-order chi connectivity index (χ1) is 12.1. The zero-order valence-electron chi connectivity index (χ0n) is 13.1. The maximum atomic E-state index is 12.5. The van der Waals surface area contributed by atoms with Crippen molar-refractivity contribution in [3.05, 3.63) is 68.7 Å². The summed E-state index contributed by atoms with van der Waals surface area (Å²) in [6.07, 6.45) is 2.08. The average molecular weight is 374 g/mol. The molecule has 0 saturated heterocycles. The average Bonchev–Trinajstić information content (AvgIpc) is 2.61. The molecule has 7 heteroatoms. The molecule has 3 aromatic rings. The summed E-state index contributed by atoms with van der Waals surface area (Å²) in [6, 6.07) is 12.1. The molecule has 0 spiro atoms. The number of nitriles is 1. The van der Waals surface area contributed by atoms with Crippen LogP contribution in [0.4, 0.5) is 0 Å². The lowest BCUT2D eigenvalue weighted by Gasteiger charge is -2.09. The summed E-state index contributed by atoms with van der Waals surface area (Å²) in [5.41, 5.74) is 0.791. The van der Waals surface area contributed by atoms with Crippen LogP contribution in [-0.4, -0.2) is 16.2 Å². The Balaban J connectivity index is 1.68. The van der Waals surface area contributed by atoms with Crippen LogP contribution in [0.5, 0.6) is 5.75 Å². The van der Waals surface area contributed by atoms with Gasteiger partial charge in [-0.3, -0.25) is 9.36 Å². The van der Waals surface area contributed by atoms with Crippen molar-refractivity contribution in [2.45, 2.75) is 13.0 Å². The van der Waals surface area contributed by atoms with Crippen LogP contribution in [0.15, 0.2) is 47.5 Å². The van der Waals surface area contributed by atoms with Crippen molar-refractivity contribution >= 4 is 34.1 Å².